The van der Waals surface area contributed by atoms with Crippen molar-refractivity contribution in [2.75, 3.05) is 4.90 Å². The van der Waals surface area contributed by atoms with Crippen LogP contribution >= 0.6 is 0 Å². The zero-order valence-corrected chi connectivity index (χ0v) is 15.5. The number of nitrogens with zero attached hydrogens (tertiary/aromatic N) is 1. The number of quaternary nitrogens is 1. The number of amides is 2. The lowest BCUT2D eigenvalue weighted by Crippen LogP contribution is -2.92. The monoisotopic (exact) mass is 380 g/mol. The zero-order chi connectivity index (χ0) is 20.2. The van der Waals surface area contributed by atoms with Crippen LogP contribution < -0.4 is 15.3 Å². The molecule has 0 aromatic heterocycles. The van der Waals surface area contributed by atoms with Gasteiger partial charge in [-0.1, -0.05) is 18.2 Å². The Labute approximate surface area is 161 Å². The van der Waals surface area contributed by atoms with E-state index in [4.69, 9.17) is 0 Å². The van der Waals surface area contributed by atoms with Crippen molar-refractivity contribution in [1.82, 2.24) is 0 Å². The molecule has 0 aliphatic carbocycles. The Morgan fingerprint density at radius 2 is 1.71 bits per heavy atom. The number of phenolic OH excluding ortho intramolecular Hbond substituents is 1. The maximum Gasteiger partial charge on any atom is 0.244 e. The number of carbonyl (C=O) groups excluding carboxylic acids is 3. The van der Waals surface area contributed by atoms with Crippen molar-refractivity contribution in [3.05, 3.63) is 59.2 Å². The molecule has 2 aromatic carbocycles. The van der Waals surface area contributed by atoms with Gasteiger partial charge in [0.15, 0.2) is 0 Å². The van der Waals surface area contributed by atoms with E-state index in [1.807, 2.05) is 19.9 Å². The Bertz CT molecular complexity index is 1000. The molecule has 2 amide bonds. The molecule has 0 saturated carbocycles. The molecule has 0 bridgehead atoms. The minimum Gasteiger partial charge on any atom is -0.544 e. The van der Waals surface area contributed by atoms with E-state index in [9.17, 15) is 24.6 Å². The van der Waals surface area contributed by atoms with Crippen molar-refractivity contribution in [1.29, 1.82) is 0 Å². The highest BCUT2D eigenvalue weighted by Gasteiger charge is 2.63. The second kappa shape index (κ2) is 6.45. The first-order valence-electron chi connectivity index (χ1n) is 9.10. The number of imide groups is 1. The summed E-state index contributed by atoms with van der Waals surface area (Å²) in [6, 6.07) is 9.85. The fraction of sp³-hybridized carbons (Fsp3) is 0.286. The lowest BCUT2D eigenvalue weighted by atomic mass is 9.86. The maximum atomic E-state index is 13.2. The number of carbonyl (C=O) groups is 3. The number of aryl methyl sites for hydroxylation is 2. The molecule has 2 aliphatic rings. The van der Waals surface area contributed by atoms with Gasteiger partial charge in [0.2, 0.25) is 11.8 Å². The molecule has 0 radical (unpaired) electrons. The average molecular weight is 380 g/mol. The number of aromatic hydroxyl groups is 1. The number of rotatable bonds is 3. The van der Waals surface area contributed by atoms with Crippen molar-refractivity contribution >= 4 is 23.5 Å². The van der Waals surface area contributed by atoms with Crippen molar-refractivity contribution in [3.63, 3.8) is 0 Å². The first-order chi connectivity index (χ1) is 13.3. The number of anilines is 1. The molecule has 4 atom stereocenters. The molecular formula is C21H20N2O5. The molecule has 2 aromatic rings. The van der Waals surface area contributed by atoms with Gasteiger partial charge in [-0.3, -0.25) is 9.59 Å². The van der Waals surface area contributed by atoms with E-state index in [0.717, 1.165) is 16.0 Å². The average Bonchev–Trinajstić information content (AvgIpc) is 3.16. The molecule has 2 saturated heterocycles. The van der Waals surface area contributed by atoms with Crippen molar-refractivity contribution in [2.45, 2.75) is 25.9 Å². The molecule has 0 unspecified atom stereocenters. The highest BCUT2D eigenvalue weighted by molar-refractivity contribution is 6.23. The van der Waals surface area contributed by atoms with Crippen LogP contribution in [0.1, 0.15) is 22.7 Å². The van der Waals surface area contributed by atoms with E-state index in [1.165, 1.54) is 11.4 Å². The topological polar surface area (TPSA) is 114 Å². The lowest BCUT2D eigenvalue weighted by molar-refractivity contribution is -0.705. The summed E-state index contributed by atoms with van der Waals surface area (Å²) in [6.07, 6.45) is 0. The normalized spacial score (nSPS) is 26.6. The van der Waals surface area contributed by atoms with Crippen molar-refractivity contribution < 1.29 is 29.9 Å². The number of nitrogens with two attached hydrogens (primary N) is 1. The Morgan fingerprint density at radius 3 is 2.36 bits per heavy atom. The third kappa shape index (κ3) is 2.58. The van der Waals surface area contributed by atoms with E-state index in [0.29, 0.717) is 11.3 Å². The summed E-state index contributed by atoms with van der Waals surface area (Å²) in [5.41, 5.74) is 2.82. The van der Waals surface area contributed by atoms with Gasteiger partial charge in [-0.25, -0.2) is 4.90 Å². The summed E-state index contributed by atoms with van der Waals surface area (Å²) >= 11 is 0. The van der Waals surface area contributed by atoms with Crippen LogP contribution in [0.3, 0.4) is 0 Å². The number of aliphatic carboxylic acids is 1. The van der Waals surface area contributed by atoms with Crippen LogP contribution in [-0.4, -0.2) is 28.9 Å². The van der Waals surface area contributed by atoms with Gasteiger partial charge in [-0.05, 0) is 49.2 Å². The Morgan fingerprint density at radius 1 is 1.04 bits per heavy atom. The molecule has 0 spiro atoms. The van der Waals surface area contributed by atoms with Crippen LogP contribution in [0.15, 0.2) is 42.5 Å². The Balaban J connectivity index is 1.80. The molecule has 7 heteroatoms. The van der Waals surface area contributed by atoms with Crippen LogP contribution in [0.25, 0.3) is 0 Å². The largest absolute Gasteiger partial charge is 0.544 e. The van der Waals surface area contributed by atoms with Crippen molar-refractivity contribution in [2.24, 2.45) is 11.8 Å². The summed E-state index contributed by atoms with van der Waals surface area (Å²) in [6.45, 7) is 3.81. The number of carboxylic acids is 1. The molecule has 2 heterocycles. The van der Waals surface area contributed by atoms with Gasteiger partial charge in [0.1, 0.15) is 35.6 Å². The minimum atomic E-state index is -1.39. The van der Waals surface area contributed by atoms with Gasteiger partial charge in [0.25, 0.3) is 0 Å². The first-order valence-corrected chi connectivity index (χ1v) is 9.10. The number of carboxylic acid groups (broad SMARTS) is 1. The second-order valence-electron chi connectivity index (χ2n) is 7.45. The minimum absolute atomic E-state index is 0.0358. The van der Waals surface area contributed by atoms with Gasteiger partial charge < -0.3 is 20.3 Å². The highest BCUT2D eigenvalue weighted by Crippen LogP contribution is 2.43. The number of fused-ring (bicyclic) bond motifs is 1. The van der Waals surface area contributed by atoms with E-state index in [1.54, 1.807) is 30.3 Å². The number of hydrogen-bond donors (Lipinski definition) is 2. The van der Waals surface area contributed by atoms with Crippen LogP contribution in [0.2, 0.25) is 0 Å². The van der Waals surface area contributed by atoms with E-state index in [-0.39, 0.29) is 5.75 Å². The van der Waals surface area contributed by atoms with Gasteiger partial charge in [-0.2, -0.15) is 0 Å². The highest BCUT2D eigenvalue weighted by atomic mass is 16.4. The standard InChI is InChI=1S/C21H20N2O5/c1-10-7-8-12(9-11(10)2)23-19(25)15-16(20(23)26)18(21(27)28)22-17(15)13-5-3-4-6-14(13)24/h3-9,15-18,22,24H,1-2H3,(H,27,28)/t15-,16+,17+,18+/m1/s1. The van der Waals surface area contributed by atoms with Crippen LogP contribution in [-0.2, 0) is 14.4 Å². The molecule has 144 valence electrons. The van der Waals surface area contributed by atoms with Gasteiger partial charge in [0.05, 0.1) is 11.3 Å². The second-order valence-corrected chi connectivity index (χ2v) is 7.45. The fourth-order valence-electron chi connectivity index (χ4n) is 4.34. The van der Waals surface area contributed by atoms with Crippen LogP contribution in [0.5, 0.6) is 5.75 Å². The summed E-state index contributed by atoms with van der Waals surface area (Å²) in [5, 5.41) is 23.4. The molecule has 7 nitrogen and oxygen atoms in total. The molecule has 4 rings (SSSR count). The molecule has 3 N–H and O–H groups in total. The molecule has 28 heavy (non-hydrogen) atoms. The van der Waals surface area contributed by atoms with E-state index < -0.39 is 41.7 Å². The van der Waals surface area contributed by atoms with Crippen LogP contribution in [0.4, 0.5) is 5.69 Å². The number of hydrogen-bond acceptors (Lipinski definition) is 5. The Hall–Kier alpha value is -3.19. The number of phenols is 1. The maximum absolute atomic E-state index is 13.2. The SMILES string of the molecule is Cc1ccc(N2C(=O)[C@@H]3[C@H](C2=O)[C@@H](C(=O)[O-])[NH2+][C@H]3c2ccccc2O)cc1C. The zero-order valence-electron chi connectivity index (χ0n) is 15.5. The number of para-hydroxylation sites is 1. The molecule has 2 aliphatic heterocycles. The first kappa shape index (κ1) is 18.2. The van der Waals surface area contributed by atoms with Gasteiger partial charge >= 0.3 is 0 Å². The van der Waals surface area contributed by atoms with Crippen LogP contribution in [0, 0.1) is 25.7 Å². The number of benzene rings is 2. The summed E-state index contributed by atoms with van der Waals surface area (Å²) in [7, 11) is 0. The van der Waals surface area contributed by atoms with E-state index in [2.05, 4.69) is 0 Å². The molecule has 2 fully saturated rings. The Kier molecular flexibility index (Phi) is 4.19. The predicted molar refractivity (Wildman–Crippen MR) is 97.0 cm³/mol. The third-order valence-corrected chi connectivity index (χ3v) is 5.90. The van der Waals surface area contributed by atoms with Gasteiger partial charge in [-0.15, -0.1) is 0 Å². The summed E-state index contributed by atoms with van der Waals surface area (Å²) < 4.78 is 0. The van der Waals surface area contributed by atoms with Crippen molar-refractivity contribution in [3.8, 4) is 5.75 Å². The lowest BCUT2D eigenvalue weighted by Gasteiger charge is -2.22. The van der Waals surface area contributed by atoms with Gasteiger partial charge in [0, 0.05) is 0 Å². The van der Waals surface area contributed by atoms with E-state index >= 15 is 0 Å². The predicted octanol–water partition coefficient (Wildman–Crippen LogP) is -0.449. The summed E-state index contributed by atoms with van der Waals surface area (Å²) in [4.78, 5) is 39.1. The molecular weight excluding hydrogens is 360 g/mol. The fourth-order valence-corrected chi connectivity index (χ4v) is 4.34. The smallest absolute Gasteiger partial charge is 0.244 e. The quantitative estimate of drug-likeness (QED) is 0.700. The third-order valence-electron chi connectivity index (χ3n) is 5.90. The summed E-state index contributed by atoms with van der Waals surface area (Å²) in [5.74, 6) is -4.34.